The molecular formula is C21H23N3O4. The molecule has 0 atom stereocenters. The van der Waals surface area contributed by atoms with Gasteiger partial charge in [-0.05, 0) is 48.4 Å². The van der Waals surface area contributed by atoms with E-state index >= 15 is 0 Å². The van der Waals surface area contributed by atoms with E-state index in [9.17, 15) is 14.4 Å². The molecule has 7 nitrogen and oxygen atoms in total. The van der Waals surface area contributed by atoms with Crippen molar-refractivity contribution >= 4 is 34.8 Å². The van der Waals surface area contributed by atoms with Crippen molar-refractivity contribution < 1.29 is 19.1 Å². The van der Waals surface area contributed by atoms with Crippen molar-refractivity contribution in [2.45, 2.75) is 19.8 Å². The van der Waals surface area contributed by atoms with Crippen LogP contribution in [0.4, 0.5) is 17.1 Å². The number of carbonyl (C=O) groups is 3. The molecule has 0 aromatic heterocycles. The summed E-state index contributed by atoms with van der Waals surface area (Å²) >= 11 is 0. The van der Waals surface area contributed by atoms with Crippen molar-refractivity contribution in [3.63, 3.8) is 0 Å². The van der Waals surface area contributed by atoms with Gasteiger partial charge in [0.05, 0.1) is 0 Å². The van der Waals surface area contributed by atoms with Crippen LogP contribution in [-0.4, -0.2) is 38.0 Å². The van der Waals surface area contributed by atoms with Gasteiger partial charge in [0.1, 0.15) is 6.61 Å². The summed E-state index contributed by atoms with van der Waals surface area (Å²) in [4.78, 5) is 38.0. The van der Waals surface area contributed by atoms with Crippen molar-refractivity contribution in [2.24, 2.45) is 0 Å². The van der Waals surface area contributed by atoms with Gasteiger partial charge in [0.25, 0.3) is 5.91 Å². The Balaban J connectivity index is 1.70. The van der Waals surface area contributed by atoms with Crippen molar-refractivity contribution in [1.82, 2.24) is 0 Å². The molecule has 1 heterocycles. The Bertz CT molecular complexity index is 910. The van der Waals surface area contributed by atoms with Crippen LogP contribution in [0.25, 0.3) is 0 Å². The van der Waals surface area contributed by atoms with E-state index in [0.29, 0.717) is 29.9 Å². The molecule has 1 aliphatic heterocycles. The average Bonchev–Trinajstić information content (AvgIpc) is 3.11. The van der Waals surface area contributed by atoms with Gasteiger partial charge < -0.3 is 20.3 Å². The molecule has 3 amide bonds. The van der Waals surface area contributed by atoms with Crippen LogP contribution < -0.4 is 15.5 Å². The van der Waals surface area contributed by atoms with Crippen LogP contribution >= 0.6 is 0 Å². The van der Waals surface area contributed by atoms with Crippen LogP contribution in [0.1, 0.15) is 29.3 Å². The molecule has 1 aliphatic rings. The molecule has 0 spiro atoms. The van der Waals surface area contributed by atoms with E-state index in [1.54, 1.807) is 35.2 Å². The summed E-state index contributed by atoms with van der Waals surface area (Å²) in [5.74, 6) is -0.428. The maximum atomic E-state index is 12.6. The lowest BCUT2D eigenvalue weighted by Gasteiger charge is -2.16. The predicted molar refractivity (Wildman–Crippen MR) is 108 cm³/mol. The number of amides is 3. The van der Waals surface area contributed by atoms with Crippen LogP contribution in [0, 0.1) is 0 Å². The average molecular weight is 381 g/mol. The first-order chi connectivity index (χ1) is 13.5. The second-order valence-electron chi connectivity index (χ2n) is 6.51. The zero-order chi connectivity index (χ0) is 20.1. The van der Waals surface area contributed by atoms with Gasteiger partial charge in [-0.3, -0.25) is 14.4 Å². The molecule has 0 saturated heterocycles. The zero-order valence-corrected chi connectivity index (χ0v) is 16.0. The fourth-order valence-electron chi connectivity index (χ4n) is 3.20. The van der Waals surface area contributed by atoms with E-state index in [2.05, 4.69) is 10.6 Å². The first-order valence-electron chi connectivity index (χ1n) is 9.15. The summed E-state index contributed by atoms with van der Waals surface area (Å²) in [7, 11) is 1.45. The number of benzene rings is 2. The monoisotopic (exact) mass is 381 g/mol. The molecular weight excluding hydrogens is 358 g/mol. The quantitative estimate of drug-likeness (QED) is 0.805. The summed E-state index contributed by atoms with van der Waals surface area (Å²) in [5.41, 5.74) is 3.55. The number of fused-ring (bicyclic) bond motifs is 1. The third-order valence-corrected chi connectivity index (χ3v) is 4.52. The van der Waals surface area contributed by atoms with Crippen LogP contribution in [0.5, 0.6) is 0 Å². The zero-order valence-electron chi connectivity index (χ0n) is 16.0. The molecule has 28 heavy (non-hydrogen) atoms. The molecule has 7 heteroatoms. The Labute approximate surface area is 163 Å². The minimum atomic E-state index is -0.268. The fourth-order valence-corrected chi connectivity index (χ4v) is 3.20. The number of hydrogen-bond acceptors (Lipinski definition) is 4. The normalized spacial score (nSPS) is 12.4. The lowest BCUT2D eigenvalue weighted by atomic mass is 10.1. The minimum absolute atomic E-state index is 0.0384. The van der Waals surface area contributed by atoms with Crippen molar-refractivity contribution in [3.05, 3.63) is 53.6 Å². The highest BCUT2D eigenvalue weighted by Gasteiger charge is 2.24. The fraction of sp³-hybridized carbons (Fsp3) is 0.286. The van der Waals surface area contributed by atoms with E-state index < -0.39 is 0 Å². The SMILES string of the molecule is CCC(=O)N1CCc2cc(C(=O)Nc3cccc(NC(=O)COC)c3)ccc21. The maximum Gasteiger partial charge on any atom is 0.255 e. The predicted octanol–water partition coefficient (Wildman–Crippen LogP) is 2.82. The van der Waals surface area contributed by atoms with Gasteiger partial charge in [-0.2, -0.15) is 0 Å². The van der Waals surface area contributed by atoms with Crippen LogP contribution in [0.15, 0.2) is 42.5 Å². The second kappa shape index (κ2) is 8.67. The van der Waals surface area contributed by atoms with E-state index in [1.165, 1.54) is 7.11 Å². The molecule has 2 N–H and O–H groups in total. The molecule has 2 aromatic rings. The number of anilines is 3. The lowest BCUT2D eigenvalue weighted by molar-refractivity contribution is -0.120. The van der Waals surface area contributed by atoms with Crippen molar-refractivity contribution in [3.8, 4) is 0 Å². The van der Waals surface area contributed by atoms with Crippen LogP contribution in [-0.2, 0) is 20.7 Å². The van der Waals surface area contributed by atoms with Crippen LogP contribution in [0.2, 0.25) is 0 Å². The Morgan fingerprint density at radius 2 is 1.82 bits per heavy atom. The summed E-state index contributed by atoms with van der Waals surface area (Å²) in [6, 6.07) is 12.3. The van der Waals surface area contributed by atoms with E-state index in [1.807, 2.05) is 19.1 Å². The molecule has 2 aromatic carbocycles. The summed E-state index contributed by atoms with van der Waals surface area (Å²) in [5, 5.41) is 5.54. The van der Waals surface area contributed by atoms with Crippen molar-refractivity contribution in [2.75, 3.05) is 35.8 Å². The Kier molecular flexibility index (Phi) is 6.06. The Morgan fingerprint density at radius 1 is 1.07 bits per heavy atom. The van der Waals surface area contributed by atoms with Gasteiger partial charge in [0, 0.05) is 42.7 Å². The molecule has 0 radical (unpaired) electrons. The van der Waals surface area contributed by atoms with E-state index in [-0.39, 0.29) is 24.3 Å². The molecule has 0 aliphatic carbocycles. The Hall–Kier alpha value is -3.19. The molecule has 0 saturated carbocycles. The molecule has 0 fully saturated rings. The maximum absolute atomic E-state index is 12.6. The highest BCUT2D eigenvalue weighted by Crippen LogP contribution is 2.29. The van der Waals surface area contributed by atoms with E-state index in [4.69, 9.17) is 4.74 Å². The highest BCUT2D eigenvalue weighted by molar-refractivity contribution is 6.05. The summed E-state index contributed by atoms with van der Waals surface area (Å²) in [6.07, 6.45) is 1.20. The number of nitrogens with zero attached hydrogens (tertiary/aromatic N) is 1. The van der Waals surface area contributed by atoms with Gasteiger partial charge in [-0.15, -0.1) is 0 Å². The van der Waals surface area contributed by atoms with E-state index in [0.717, 1.165) is 17.7 Å². The smallest absolute Gasteiger partial charge is 0.255 e. The highest BCUT2D eigenvalue weighted by atomic mass is 16.5. The second-order valence-corrected chi connectivity index (χ2v) is 6.51. The van der Waals surface area contributed by atoms with Gasteiger partial charge >= 0.3 is 0 Å². The first-order valence-corrected chi connectivity index (χ1v) is 9.15. The third kappa shape index (κ3) is 4.37. The molecule has 0 unspecified atom stereocenters. The lowest BCUT2D eigenvalue weighted by Crippen LogP contribution is -2.27. The largest absolute Gasteiger partial charge is 0.375 e. The minimum Gasteiger partial charge on any atom is -0.375 e. The van der Waals surface area contributed by atoms with Crippen LogP contribution in [0.3, 0.4) is 0 Å². The first kappa shape index (κ1) is 19.6. The van der Waals surface area contributed by atoms with Crippen molar-refractivity contribution in [1.29, 1.82) is 0 Å². The summed E-state index contributed by atoms with van der Waals surface area (Å²) in [6.45, 7) is 2.45. The number of nitrogens with one attached hydrogen (secondary N) is 2. The standard InChI is InChI=1S/C21H23N3O4/c1-3-20(26)24-10-9-14-11-15(7-8-18(14)24)21(27)23-17-6-4-5-16(12-17)22-19(25)13-28-2/h4-8,11-12H,3,9-10,13H2,1-2H3,(H,22,25)(H,23,27). The topological polar surface area (TPSA) is 87.7 Å². The molecule has 3 rings (SSSR count). The number of hydrogen-bond donors (Lipinski definition) is 2. The third-order valence-electron chi connectivity index (χ3n) is 4.52. The van der Waals surface area contributed by atoms with Gasteiger partial charge in [-0.1, -0.05) is 13.0 Å². The number of carbonyl (C=O) groups excluding carboxylic acids is 3. The van der Waals surface area contributed by atoms with Gasteiger partial charge in [0.15, 0.2) is 0 Å². The molecule has 0 bridgehead atoms. The number of rotatable bonds is 6. The van der Waals surface area contributed by atoms with Gasteiger partial charge in [0.2, 0.25) is 11.8 Å². The van der Waals surface area contributed by atoms with Gasteiger partial charge in [-0.25, -0.2) is 0 Å². The summed E-state index contributed by atoms with van der Waals surface area (Å²) < 4.78 is 4.79. The number of methoxy groups -OCH3 is 1. The number of ether oxygens (including phenoxy) is 1. The Morgan fingerprint density at radius 3 is 2.54 bits per heavy atom. The molecule has 146 valence electrons.